The molecule has 0 aliphatic heterocycles. The fourth-order valence-electron chi connectivity index (χ4n) is 2.88. The molecule has 3 aromatic rings. The third-order valence-electron chi connectivity index (χ3n) is 4.27. The van der Waals surface area contributed by atoms with Crippen LogP contribution in [0.3, 0.4) is 0 Å². The van der Waals surface area contributed by atoms with Gasteiger partial charge in [0.2, 0.25) is 0 Å². The van der Waals surface area contributed by atoms with Crippen LogP contribution < -0.4 is 5.32 Å². The number of rotatable bonds is 4. The molecule has 0 aliphatic rings. The Kier molecular flexibility index (Phi) is 5.21. The Bertz CT molecular complexity index is 981. The number of hydrogen-bond donors (Lipinski definition) is 1. The van der Waals surface area contributed by atoms with Crippen LogP contribution in [-0.2, 0) is 0 Å². The Hall–Kier alpha value is -2.11. The fourth-order valence-corrected chi connectivity index (χ4v) is 3.45. The highest BCUT2D eigenvalue weighted by molar-refractivity contribution is 6.35. The number of nitrogens with one attached hydrogen (secondary N) is 1. The smallest absolute Gasteiger partial charge is 0.253 e. The van der Waals surface area contributed by atoms with E-state index in [9.17, 15) is 4.79 Å². The van der Waals surface area contributed by atoms with Crippen LogP contribution in [0.5, 0.6) is 0 Å². The quantitative estimate of drug-likeness (QED) is 0.672. The van der Waals surface area contributed by atoms with Crippen molar-refractivity contribution in [1.82, 2.24) is 20.1 Å². The highest BCUT2D eigenvalue weighted by atomic mass is 35.5. The molecule has 0 radical (unpaired) electrons. The lowest BCUT2D eigenvalue weighted by Gasteiger charge is -2.17. The van der Waals surface area contributed by atoms with Crippen molar-refractivity contribution in [3.63, 3.8) is 0 Å². The van der Waals surface area contributed by atoms with E-state index < -0.39 is 0 Å². The highest BCUT2D eigenvalue weighted by Crippen LogP contribution is 2.27. The number of benzene rings is 1. The zero-order valence-corrected chi connectivity index (χ0v) is 16.6. The Balaban J connectivity index is 1.88. The summed E-state index contributed by atoms with van der Waals surface area (Å²) < 4.78 is 1.85. The number of aryl methyl sites for hydroxylation is 1. The maximum Gasteiger partial charge on any atom is 0.253 e. The maximum absolute atomic E-state index is 12.8. The maximum atomic E-state index is 12.8. The van der Waals surface area contributed by atoms with E-state index in [0.717, 1.165) is 16.6 Å². The number of nitrogens with zero attached hydrogens (tertiary/aromatic N) is 3. The third kappa shape index (κ3) is 3.55. The molecule has 1 atom stereocenters. The SMILES string of the molecule is Cc1nc2c(cnn2C(C)C)cc1C(=O)N[C@H](C)c1ccc(Cl)cc1Cl. The first-order chi connectivity index (χ1) is 12.3. The minimum atomic E-state index is -0.263. The number of aromatic nitrogens is 3. The van der Waals surface area contributed by atoms with Gasteiger partial charge in [-0.3, -0.25) is 4.79 Å². The predicted octanol–water partition coefficient (Wildman–Crippen LogP) is 5.12. The Morgan fingerprint density at radius 3 is 2.58 bits per heavy atom. The molecule has 3 rings (SSSR count). The minimum absolute atomic E-state index is 0.200. The number of pyridine rings is 1. The number of carbonyl (C=O) groups is 1. The molecule has 0 spiro atoms. The van der Waals surface area contributed by atoms with E-state index >= 15 is 0 Å². The lowest BCUT2D eigenvalue weighted by atomic mass is 10.1. The lowest BCUT2D eigenvalue weighted by Crippen LogP contribution is -2.27. The molecule has 5 nitrogen and oxygen atoms in total. The summed E-state index contributed by atoms with van der Waals surface area (Å²) in [5.41, 5.74) is 2.77. The second-order valence-electron chi connectivity index (χ2n) is 6.58. The zero-order valence-electron chi connectivity index (χ0n) is 15.0. The molecule has 7 heteroatoms. The number of carbonyl (C=O) groups excluding carboxylic acids is 1. The van der Waals surface area contributed by atoms with Gasteiger partial charge in [-0.2, -0.15) is 5.10 Å². The van der Waals surface area contributed by atoms with E-state index in [-0.39, 0.29) is 18.0 Å². The minimum Gasteiger partial charge on any atom is -0.345 e. The van der Waals surface area contributed by atoms with Crippen molar-refractivity contribution in [2.45, 2.75) is 39.8 Å². The van der Waals surface area contributed by atoms with Crippen molar-refractivity contribution in [2.75, 3.05) is 0 Å². The lowest BCUT2D eigenvalue weighted by molar-refractivity contribution is 0.0939. The van der Waals surface area contributed by atoms with Gasteiger partial charge in [0.1, 0.15) is 0 Å². The summed E-state index contributed by atoms with van der Waals surface area (Å²) in [6.07, 6.45) is 1.73. The van der Waals surface area contributed by atoms with Gasteiger partial charge in [0.15, 0.2) is 5.65 Å². The summed E-state index contributed by atoms with van der Waals surface area (Å²) in [7, 11) is 0. The second-order valence-corrected chi connectivity index (χ2v) is 7.42. The van der Waals surface area contributed by atoms with Crippen LogP contribution in [0.15, 0.2) is 30.5 Å². The Labute approximate surface area is 162 Å². The van der Waals surface area contributed by atoms with Gasteiger partial charge in [-0.15, -0.1) is 0 Å². The molecule has 0 unspecified atom stereocenters. The van der Waals surface area contributed by atoms with Gasteiger partial charge in [-0.25, -0.2) is 9.67 Å². The first-order valence-electron chi connectivity index (χ1n) is 8.38. The first kappa shape index (κ1) is 18.7. The van der Waals surface area contributed by atoms with E-state index in [4.69, 9.17) is 23.2 Å². The molecule has 0 bridgehead atoms. The molecular formula is C19H20Cl2N4O. The van der Waals surface area contributed by atoms with Gasteiger partial charge in [-0.1, -0.05) is 29.3 Å². The molecule has 26 heavy (non-hydrogen) atoms. The van der Waals surface area contributed by atoms with Gasteiger partial charge in [0, 0.05) is 21.5 Å². The normalized spacial score (nSPS) is 12.6. The zero-order chi connectivity index (χ0) is 19.0. The molecule has 0 fully saturated rings. The summed E-state index contributed by atoms with van der Waals surface area (Å²) in [5, 5.41) is 9.25. The van der Waals surface area contributed by atoms with Crippen LogP contribution >= 0.6 is 23.2 Å². The van der Waals surface area contributed by atoms with E-state index in [1.807, 2.05) is 44.5 Å². The topological polar surface area (TPSA) is 59.8 Å². The Morgan fingerprint density at radius 2 is 1.92 bits per heavy atom. The number of fused-ring (bicyclic) bond motifs is 1. The van der Waals surface area contributed by atoms with Gasteiger partial charge in [0.25, 0.3) is 5.91 Å². The second kappa shape index (κ2) is 7.25. The molecule has 0 saturated heterocycles. The van der Waals surface area contributed by atoms with Gasteiger partial charge in [0.05, 0.1) is 23.5 Å². The average molecular weight is 391 g/mol. The van der Waals surface area contributed by atoms with Crippen LogP contribution in [0.4, 0.5) is 0 Å². The molecule has 1 N–H and O–H groups in total. The molecule has 1 aromatic carbocycles. The summed E-state index contributed by atoms with van der Waals surface area (Å²) in [4.78, 5) is 17.3. The molecule has 0 aliphatic carbocycles. The highest BCUT2D eigenvalue weighted by Gasteiger charge is 2.18. The molecule has 1 amide bonds. The predicted molar refractivity (Wildman–Crippen MR) is 105 cm³/mol. The monoisotopic (exact) mass is 390 g/mol. The van der Waals surface area contributed by atoms with Crippen LogP contribution in [0, 0.1) is 6.92 Å². The number of amides is 1. The molecule has 136 valence electrons. The van der Waals surface area contributed by atoms with Crippen molar-refractivity contribution < 1.29 is 4.79 Å². The van der Waals surface area contributed by atoms with Gasteiger partial charge < -0.3 is 5.32 Å². The largest absolute Gasteiger partial charge is 0.345 e. The van der Waals surface area contributed by atoms with Crippen LogP contribution in [0.2, 0.25) is 10.0 Å². The average Bonchev–Trinajstić information content (AvgIpc) is 2.96. The summed E-state index contributed by atoms with van der Waals surface area (Å²) in [6, 6.07) is 7.00. The van der Waals surface area contributed by atoms with Crippen molar-refractivity contribution >= 4 is 40.1 Å². The van der Waals surface area contributed by atoms with Gasteiger partial charge in [-0.05, 0) is 51.5 Å². The number of halogens is 2. The van der Waals surface area contributed by atoms with E-state index in [2.05, 4.69) is 15.4 Å². The van der Waals surface area contributed by atoms with Crippen molar-refractivity contribution in [1.29, 1.82) is 0 Å². The fraction of sp³-hybridized carbons (Fsp3) is 0.316. The molecular weight excluding hydrogens is 371 g/mol. The van der Waals surface area contributed by atoms with E-state index in [1.54, 1.807) is 18.3 Å². The van der Waals surface area contributed by atoms with Gasteiger partial charge >= 0.3 is 0 Å². The standard InChI is InChI=1S/C19H20Cl2N4O/c1-10(2)25-18-13(9-22-25)7-16(12(4)23-18)19(26)24-11(3)15-6-5-14(20)8-17(15)21/h5-11H,1-4H3,(H,24,26)/t11-/m1/s1. The molecule has 0 saturated carbocycles. The van der Waals surface area contributed by atoms with E-state index in [1.165, 1.54) is 0 Å². The number of hydrogen-bond acceptors (Lipinski definition) is 3. The summed E-state index contributed by atoms with van der Waals surface area (Å²) in [6.45, 7) is 7.79. The van der Waals surface area contributed by atoms with Crippen LogP contribution in [-0.4, -0.2) is 20.7 Å². The first-order valence-corrected chi connectivity index (χ1v) is 9.14. The summed E-state index contributed by atoms with van der Waals surface area (Å²) in [5.74, 6) is -0.201. The summed E-state index contributed by atoms with van der Waals surface area (Å²) >= 11 is 12.2. The van der Waals surface area contributed by atoms with E-state index in [0.29, 0.717) is 21.3 Å². The van der Waals surface area contributed by atoms with Crippen LogP contribution in [0.25, 0.3) is 11.0 Å². The van der Waals surface area contributed by atoms with Crippen LogP contribution in [0.1, 0.15) is 54.5 Å². The third-order valence-corrected chi connectivity index (χ3v) is 4.83. The Morgan fingerprint density at radius 1 is 1.19 bits per heavy atom. The van der Waals surface area contributed by atoms with Crippen molar-refractivity contribution in [2.24, 2.45) is 0 Å². The molecule has 2 heterocycles. The molecule has 2 aromatic heterocycles. The van der Waals surface area contributed by atoms with Crippen molar-refractivity contribution in [3.05, 3.63) is 57.3 Å². The van der Waals surface area contributed by atoms with Crippen molar-refractivity contribution in [3.8, 4) is 0 Å².